The third-order valence-corrected chi connectivity index (χ3v) is 5.74. The van der Waals surface area contributed by atoms with Gasteiger partial charge in [0.05, 0.1) is 11.4 Å². The van der Waals surface area contributed by atoms with Gasteiger partial charge in [0.15, 0.2) is 0 Å². The first kappa shape index (κ1) is 19.6. The van der Waals surface area contributed by atoms with Gasteiger partial charge in [0, 0.05) is 38.3 Å². The zero-order chi connectivity index (χ0) is 19.2. The van der Waals surface area contributed by atoms with Gasteiger partial charge in [-0.15, -0.1) is 11.3 Å². The van der Waals surface area contributed by atoms with Crippen LogP contribution in [0.3, 0.4) is 0 Å². The van der Waals surface area contributed by atoms with Crippen LogP contribution in [0.5, 0.6) is 0 Å². The number of thiophene rings is 1. The first-order valence-corrected chi connectivity index (χ1v) is 10.4. The molecule has 2 aromatic rings. The Kier molecular flexibility index (Phi) is 6.63. The molecule has 5 nitrogen and oxygen atoms in total. The van der Waals surface area contributed by atoms with E-state index in [9.17, 15) is 9.59 Å². The third kappa shape index (κ3) is 4.96. The summed E-state index contributed by atoms with van der Waals surface area (Å²) in [6, 6.07) is 10.3. The summed E-state index contributed by atoms with van der Waals surface area (Å²) in [4.78, 5) is 29.8. The Morgan fingerprint density at radius 1 is 1.07 bits per heavy atom. The highest BCUT2D eigenvalue weighted by Gasteiger charge is 2.24. The summed E-state index contributed by atoms with van der Waals surface area (Å²) < 4.78 is 0. The van der Waals surface area contributed by atoms with Gasteiger partial charge in [-0.1, -0.05) is 29.8 Å². The molecular weight excluding hydrogens is 358 g/mol. The highest BCUT2D eigenvalue weighted by atomic mass is 32.1. The van der Waals surface area contributed by atoms with E-state index in [0.29, 0.717) is 19.6 Å². The van der Waals surface area contributed by atoms with Gasteiger partial charge in [0.1, 0.15) is 0 Å². The average Bonchev–Trinajstić information content (AvgIpc) is 3.02. The van der Waals surface area contributed by atoms with Gasteiger partial charge in [0.2, 0.25) is 5.91 Å². The van der Waals surface area contributed by atoms with Crippen molar-refractivity contribution >= 4 is 23.2 Å². The molecule has 0 aliphatic carbocycles. The van der Waals surface area contributed by atoms with Crippen LogP contribution in [0, 0.1) is 6.92 Å². The zero-order valence-corrected chi connectivity index (χ0v) is 16.8. The summed E-state index contributed by atoms with van der Waals surface area (Å²) in [5, 5.41) is 4.83. The summed E-state index contributed by atoms with van der Waals surface area (Å²) in [5.74, 6) is 0.151. The first-order valence-electron chi connectivity index (χ1n) is 9.51. The Morgan fingerprint density at radius 3 is 2.59 bits per heavy atom. The molecule has 1 aliphatic rings. The number of hydrogen-bond acceptors (Lipinski definition) is 4. The summed E-state index contributed by atoms with van der Waals surface area (Å²) in [5.41, 5.74) is 3.30. The van der Waals surface area contributed by atoms with Crippen LogP contribution in [0.4, 0.5) is 0 Å². The lowest BCUT2D eigenvalue weighted by atomic mass is 10.0. The molecule has 0 bridgehead atoms. The van der Waals surface area contributed by atoms with Crippen molar-refractivity contribution in [3.05, 3.63) is 46.2 Å². The Labute approximate surface area is 165 Å². The van der Waals surface area contributed by atoms with Gasteiger partial charge < -0.3 is 10.2 Å². The SMILES string of the molecule is CCNC(=O)CN1CCCN(C(=O)c2sccc2-c2ccc(C)cc2)CC1. The van der Waals surface area contributed by atoms with Crippen LogP contribution in [-0.4, -0.2) is 60.9 Å². The number of carbonyl (C=O) groups is 2. The minimum Gasteiger partial charge on any atom is -0.355 e. The minimum atomic E-state index is 0.0530. The quantitative estimate of drug-likeness (QED) is 0.861. The molecule has 1 aromatic carbocycles. The molecular formula is C21H27N3O2S. The van der Waals surface area contributed by atoms with Crippen LogP contribution in [0.15, 0.2) is 35.7 Å². The third-order valence-electron chi connectivity index (χ3n) is 4.84. The molecule has 27 heavy (non-hydrogen) atoms. The van der Waals surface area contributed by atoms with E-state index in [0.717, 1.165) is 42.1 Å². The van der Waals surface area contributed by atoms with E-state index >= 15 is 0 Å². The van der Waals surface area contributed by atoms with E-state index in [4.69, 9.17) is 0 Å². The number of hydrogen-bond donors (Lipinski definition) is 1. The van der Waals surface area contributed by atoms with Gasteiger partial charge in [-0.05, 0) is 37.3 Å². The van der Waals surface area contributed by atoms with E-state index in [-0.39, 0.29) is 11.8 Å². The van der Waals surface area contributed by atoms with Crippen LogP contribution >= 0.6 is 11.3 Å². The molecule has 1 fully saturated rings. The van der Waals surface area contributed by atoms with Gasteiger partial charge in [-0.2, -0.15) is 0 Å². The maximum absolute atomic E-state index is 13.1. The lowest BCUT2D eigenvalue weighted by Crippen LogP contribution is -2.40. The Bertz CT molecular complexity index is 785. The van der Waals surface area contributed by atoms with E-state index < -0.39 is 0 Å². The van der Waals surface area contributed by atoms with Crippen molar-refractivity contribution in [3.8, 4) is 11.1 Å². The highest BCUT2D eigenvalue weighted by molar-refractivity contribution is 7.12. The fourth-order valence-corrected chi connectivity index (χ4v) is 4.25. The number of aryl methyl sites for hydroxylation is 1. The van der Waals surface area contributed by atoms with Crippen molar-refractivity contribution in [1.29, 1.82) is 0 Å². The molecule has 1 saturated heterocycles. The highest BCUT2D eigenvalue weighted by Crippen LogP contribution is 2.30. The number of nitrogens with zero attached hydrogens (tertiary/aromatic N) is 2. The fourth-order valence-electron chi connectivity index (χ4n) is 3.37. The van der Waals surface area contributed by atoms with Gasteiger partial charge >= 0.3 is 0 Å². The van der Waals surface area contributed by atoms with E-state index in [2.05, 4.69) is 41.4 Å². The van der Waals surface area contributed by atoms with E-state index in [1.165, 1.54) is 16.9 Å². The second-order valence-electron chi connectivity index (χ2n) is 6.90. The van der Waals surface area contributed by atoms with Crippen LogP contribution in [-0.2, 0) is 4.79 Å². The number of amides is 2. The van der Waals surface area contributed by atoms with Crippen LogP contribution in [0.25, 0.3) is 11.1 Å². The summed E-state index contributed by atoms with van der Waals surface area (Å²) in [6.45, 7) is 8.01. The van der Waals surface area contributed by atoms with Crippen LogP contribution < -0.4 is 5.32 Å². The van der Waals surface area contributed by atoms with Crippen molar-refractivity contribution in [3.63, 3.8) is 0 Å². The van der Waals surface area contributed by atoms with Crippen molar-refractivity contribution in [2.75, 3.05) is 39.3 Å². The molecule has 144 valence electrons. The monoisotopic (exact) mass is 385 g/mol. The number of nitrogens with one attached hydrogen (secondary N) is 1. The normalized spacial score (nSPS) is 15.4. The van der Waals surface area contributed by atoms with Crippen molar-refractivity contribution in [2.24, 2.45) is 0 Å². The first-order chi connectivity index (χ1) is 13.1. The molecule has 0 saturated carbocycles. The van der Waals surface area contributed by atoms with Crippen molar-refractivity contribution < 1.29 is 9.59 Å². The lowest BCUT2D eigenvalue weighted by molar-refractivity contribution is -0.122. The predicted octanol–water partition coefficient (Wildman–Crippen LogP) is 3.01. The summed E-state index contributed by atoms with van der Waals surface area (Å²) in [7, 11) is 0. The molecule has 0 spiro atoms. The maximum atomic E-state index is 13.1. The second kappa shape index (κ2) is 9.15. The summed E-state index contributed by atoms with van der Waals surface area (Å²) >= 11 is 1.51. The molecule has 1 N–H and O–H groups in total. The largest absolute Gasteiger partial charge is 0.355 e. The zero-order valence-electron chi connectivity index (χ0n) is 16.0. The molecule has 0 unspecified atom stereocenters. The topological polar surface area (TPSA) is 52.7 Å². The van der Waals surface area contributed by atoms with E-state index in [1.807, 2.05) is 23.3 Å². The smallest absolute Gasteiger partial charge is 0.264 e. The summed E-state index contributed by atoms with van der Waals surface area (Å²) in [6.07, 6.45) is 0.885. The molecule has 1 aromatic heterocycles. The number of carbonyl (C=O) groups excluding carboxylic acids is 2. The maximum Gasteiger partial charge on any atom is 0.264 e. The Morgan fingerprint density at radius 2 is 1.85 bits per heavy atom. The Balaban J connectivity index is 1.67. The van der Waals surface area contributed by atoms with Gasteiger partial charge in [-0.25, -0.2) is 0 Å². The second-order valence-corrected chi connectivity index (χ2v) is 7.82. The van der Waals surface area contributed by atoms with E-state index in [1.54, 1.807) is 0 Å². The molecule has 1 aliphatic heterocycles. The van der Waals surface area contributed by atoms with Crippen LogP contribution in [0.2, 0.25) is 0 Å². The molecule has 0 atom stereocenters. The molecule has 3 rings (SSSR count). The van der Waals surface area contributed by atoms with Crippen molar-refractivity contribution in [2.45, 2.75) is 20.3 Å². The molecule has 6 heteroatoms. The standard InChI is InChI=1S/C21H27N3O2S/c1-3-22-19(25)15-23-10-4-11-24(13-12-23)21(26)20-18(9-14-27-20)17-7-5-16(2)6-8-17/h5-9,14H,3-4,10-13,15H2,1-2H3,(H,22,25). The van der Waals surface area contributed by atoms with Gasteiger partial charge in [0.25, 0.3) is 5.91 Å². The van der Waals surface area contributed by atoms with Gasteiger partial charge in [-0.3, -0.25) is 14.5 Å². The number of benzene rings is 1. The molecule has 2 heterocycles. The molecule has 0 radical (unpaired) electrons. The van der Waals surface area contributed by atoms with Crippen LogP contribution in [0.1, 0.15) is 28.6 Å². The molecule has 2 amide bonds. The fraction of sp³-hybridized carbons (Fsp3) is 0.429. The Hall–Kier alpha value is -2.18. The minimum absolute atomic E-state index is 0.0530. The average molecular weight is 386 g/mol. The predicted molar refractivity (Wildman–Crippen MR) is 110 cm³/mol. The number of rotatable bonds is 5. The lowest BCUT2D eigenvalue weighted by Gasteiger charge is -2.21. The number of likely N-dealkylation sites (N-methyl/N-ethyl adjacent to an activating group) is 1. The van der Waals surface area contributed by atoms with Crippen molar-refractivity contribution in [1.82, 2.24) is 15.1 Å².